The van der Waals surface area contributed by atoms with E-state index in [1.165, 1.54) is 148 Å². The molecule has 0 rings (SSSR count). The Hall–Kier alpha value is -0.990. The van der Waals surface area contributed by atoms with Crippen molar-refractivity contribution in [1.82, 2.24) is 0 Å². The number of unbranched alkanes of at least 4 members (excludes halogenated alkanes) is 27. The molecule has 0 saturated carbocycles. The third-order valence-electron chi connectivity index (χ3n) is 9.24. The van der Waals surface area contributed by atoms with Gasteiger partial charge in [-0.3, -0.25) is 18.6 Å². The summed E-state index contributed by atoms with van der Waals surface area (Å²) >= 11 is 0. The van der Waals surface area contributed by atoms with Gasteiger partial charge in [0, 0.05) is 19.4 Å². The molecule has 0 aliphatic rings. The molecule has 3 N–H and O–H groups in total. The molecule has 0 saturated heterocycles. The first kappa shape index (κ1) is 49.0. The number of phosphoric ester groups is 1. The SMILES string of the molecule is CCCCCCCCCCCCCCCCCCCCCCC(=O)OC(COC(=O)CCCCCCCCCCC)COP(=O)(O)OCCN. The summed E-state index contributed by atoms with van der Waals surface area (Å²) in [5, 5.41) is 0. The van der Waals surface area contributed by atoms with Gasteiger partial charge in [0.15, 0.2) is 6.10 Å². The highest BCUT2D eigenvalue weighted by atomic mass is 31.2. The molecule has 0 fully saturated rings. The highest BCUT2D eigenvalue weighted by molar-refractivity contribution is 7.47. The van der Waals surface area contributed by atoms with E-state index in [0.717, 1.165) is 32.1 Å². The summed E-state index contributed by atoms with van der Waals surface area (Å²) in [5.74, 6) is -0.818. The fraction of sp³-hybridized carbons (Fsp3) is 0.950. The fourth-order valence-corrected chi connectivity index (χ4v) is 6.87. The van der Waals surface area contributed by atoms with Crippen LogP contribution in [0.2, 0.25) is 0 Å². The van der Waals surface area contributed by atoms with Crippen molar-refractivity contribution < 1.29 is 37.6 Å². The monoisotopic (exact) mass is 734 g/mol. The molecular weight excluding hydrogens is 653 g/mol. The second-order valence-electron chi connectivity index (χ2n) is 14.2. The Bertz CT molecular complexity index is 799. The van der Waals surface area contributed by atoms with E-state index >= 15 is 0 Å². The summed E-state index contributed by atoms with van der Waals surface area (Å²) in [5.41, 5.74) is 5.33. The van der Waals surface area contributed by atoms with E-state index in [-0.39, 0.29) is 38.6 Å². The van der Waals surface area contributed by atoms with E-state index in [1.807, 2.05) is 0 Å². The van der Waals surface area contributed by atoms with E-state index in [4.69, 9.17) is 24.3 Å². The molecule has 10 heteroatoms. The first-order chi connectivity index (χ1) is 24.3. The Kier molecular flexibility index (Phi) is 37.0. The number of rotatable bonds is 40. The predicted octanol–water partition coefficient (Wildman–Crippen LogP) is 11.7. The second kappa shape index (κ2) is 37.8. The van der Waals surface area contributed by atoms with Crippen molar-refractivity contribution >= 4 is 19.8 Å². The number of carbonyl (C=O) groups is 2. The smallest absolute Gasteiger partial charge is 0.462 e. The second-order valence-corrected chi connectivity index (χ2v) is 15.7. The van der Waals surface area contributed by atoms with Crippen molar-refractivity contribution in [3.8, 4) is 0 Å². The topological polar surface area (TPSA) is 134 Å². The lowest BCUT2D eigenvalue weighted by Gasteiger charge is -2.19. The Labute approximate surface area is 307 Å². The lowest BCUT2D eigenvalue weighted by atomic mass is 10.0. The van der Waals surface area contributed by atoms with Crippen LogP contribution in [0.4, 0.5) is 0 Å². The quantitative estimate of drug-likeness (QED) is 0.0358. The van der Waals surface area contributed by atoms with Crippen LogP contribution in [0.3, 0.4) is 0 Å². The minimum Gasteiger partial charge on any atom is -0.462 e. The number of nitrogens with two attached hydrogens (primary N) is 1. The lowest BCUT2D eigenvalue weighted by molar-refractivity contribution is -0.161. The van der Waals surface area contributed by atoms with Crippen LogP contribution in [0.15, 0.2) is 0 Å². The molecule has 2 unspecified atom stereocenters. The number of hydrogen-bond donors (Lipinski definition) is 2. The largest absolute Gasteiger partial charge is 0.472 e. The van der Waals surface area contributed by atoms with Crippen LogP contribution in [0.25, 0.3) is 0 Å². The summed E-state index contributed by atoms with van der Waals surface area (Å²) < 4.78 is 32.7. The van der Waals surface area contributed by atoms with Gasteiger partial charge in [-0.2, -0.15) is 0 Å². The van der Waals surface area contributed by atoms with E-state index in [2.05, 4.69) is 13.8 Å². The maximum absolute atomic E-state index is 12.5. The number of ether oxygens (including phenoxy) is 2. The van der Waals surface area contributed by atoms with Crippen LogP contribution >= 0.6 is 7.82 Å². The van der Waals surface area contributed by atoms with Crippen LogP contribution in [-0.4, -0.2) is 49.3 Å². The van der Waals surface area contributed by atoms with Crippen molar-refractivity contribution in [1.29, 1.82) is 0 Å². The van der Waals surface area contributed by atoms with Crippen molar-refractivity contribution in [2.24, 2.45) is 5.73 Å². The predicted molar refractivity (Wildman–Crippen MR) is 206 cm³/mol. The zero-order chi connectivity index (χ0) is 36.8. The first-order valence-electron chi connectivity index (χ1n) is 21.0. The first-order valence-corrected chi connectivity index (χ1v) is 22.5. The molecule has 0 amide bonds. The van der Waals surface area contributed by atoms with Crippen LogP contribution < -0.4 is 5.73 Å². The number of hydrogen-bond acceptors (Lipinski definition) is 8. The molecule has 0 bridgehead atoms. The minimum absolute atomic E-state index is 0.0578. The molecule has 0 aliphatic heterocycles. The molecule has 0 spiro atoms. The zero-order valence-electron chi connectivity index (χ0n) is 32.7. The average Bonchev–Trinajstić information content (AvgIpc) is 3.10. The Morgan fingerprint density at radius 1 is 0.520 bits per heavy atom. The van der Waals surface area contributed by atoms with Crippen molar-refractivity contribution in [2.45, 2.75) is 219 Å². The van der Waals surface area contributed by atoms with Gasteiger partial charge >= 0.3 is 19.8 Å². The molecule has 9 nitrogen and oxygen atoms in total. The maximum Gasteiger partial charge on any atom is 0.472 e. The molecule has 0 aromatic rings. The highest BCUT2D eigenvalue weighted by Gasteiger charge is 2.26. The van der Waals surface area contributed by atoms with Gasteiger partial charge in [-0.15, -0.1) is 0 Å². The van der Waals surface area contributed by atoms with Gasteiger partial charge < -0.3 is 20.1 Å². The van der Waals surface area contributed by atoms with Crippen LogP contribution in [0.5, 0.6) is 0 Å². The molecular formula is C40H80NO8P. The highest BCUT2D eigenvalue weighted by Crippen LogP contribution is 2.43. The average molecular weight is 734 g/mol. The van der Waals surface area contributed by atoms with Crippen molar-refractivity contribution in [2.75, 3.05) is 26.4 Å². The van der Waals surface area contributed by atoms with Crippen LogP contribution in [-0.2, 0) is 32.7 Å². The summed E-state index contributed by atoms with van der Waals surface area (Å²) in [6, 6.07) is 0. The van der Waals surface area contributed by atoms with Gasteiger partial charge in [0.1, 0.15) is 6.61 Å². The molecule has 0 radical (unpaired) electrons. The summed E-state index contributed by atoms with van der Waals surface area (Å²) in [4.78, 5) is 34.7. The number of esters is 2. The Morgan fingerprint density at radius 2 is 0.860 bits per heavy atom. The minimum atomic E-state index is -4.36. The van der Waals surface area contributed by atoms with Crippen molar-refractivity contribution in [3.63, 3.8) is 0 Å². The summed E-state index contributed by atoms with van der Waals surface area (Å²) in [7, 11) is -4.36. The molecule has 0 aromatic carbocycles. The summed E-state index contributed by atoms with van der Waals surface area (Å²) in [6.45, 7) is 3.74. The third kappa shape index (κ3) is 36.8. The molecule has 0 aromatic heterocycles. The molecule has 2 atom stereocenters. The Morgan fingerprint density at radius 3 is 1.22 bits per heavy atom. The van der Waals surface area contributed by atoms with Gasteiger partial charge in [0.2, 0.25) is 0 Å². The molecule has 50 heavy (non-hydrogen) atoms. The van der Waals surface area contributed by atoms with Crippen LogP contribution in [0, 0.1) is 0 Å². The van der Waals surface area contributed by atoms with Gasteiger partial charge in [0.25, 0.3) is 0 Å². The normalized spacial score (nSPS) is 13.3. The molecule has 0 aliphatic carbocycles. The van der Waals surface area contributed by atoms with Crippen molar-refractivity contribution in [3.05, 3.63) is 0 Å². The molecule has 298 valence electrons. The van der Waals surface area contributed by atoms with E-state index < -0.39 is 26.5 Å². The lowest BCUT2D eigenvalue weighted by Crippen LogP contribution is -2.29. The van der Waals surface area contributed by atoms with E-state index in [9.17, 15) is 19.0 Å². The molecule has 0 heterocycles. The number of carbonyl (C=O) groups excluding carboxylic acids is 2. The standard InChI is InChI=1S/C40H80NO8P/c1-3-5-7-9-11-13-14-15-16-17-18-19-20-21-22-23-25-27-29-31-33-40(43)49-38(37-48-50(44,45)47-35-34-41)36-46-39(42)32-30-28-26-24-12-10-8-6-4-2/h38H,3-37,41H2,1-2H3,(H,44,45). The van der Waals surface area contributed by atoms with E-state index in [1.54, 1.807) is 0 Å². The summed E-state index contributed by atoms with van der Waals surface area (Å²) in [6.07, 6.45) is 35.7. The Balaban J connectivity index is 4.03. The van der Waals surface area contributed by atoms with Gasteiger partial charge in [-0.05, 0) is 12.8 Å². The number of phosphoric acid groups is 1. The van der Waals surface area contributed by atoms with Gasteiger partial charge in [-0.25, -0.2) is 4.57 Å². The van der Waals surface area contributed by atoms with Gasteiger partial charge in [0.05, 0.1) is 13.2 Å². The van der Waals surface area contributed by atoms with Gasteiger partial charge in [-0.1, -0.05) is 187 Å². The fourth-order valence-electron chi connectivity index (χ4n) is 6.11. The van der Waals surface area contributed by atoms with E-state index in [0.29, 0.717) is 6.42 Å². The maximum atomic E-state index is 12.5. The van der Waals surface area contributed by atoms with Crippen LogP contribution in [0.1, 0.15) is 213 Å². The zero-order valence-corrected chi connectivity index (χ0v) is 33.6. The third-order valence-corrected chi connectivity index (χ3v) is 10.2.